The second kappa shape index (κ2) is 9.27. The van der Waals surface area contributed by atoms with Gasteiger partial charge in [-0.3, -0.25) is 9.88 Å². The fourth-order valence-corrected chi connectivity index (χ4v) is 4.41. The first-order chi connectivity index (χ1) is 16.6. The molecule has 0 fully saturated rings. The molecular weight excluding hydrogens is 428 g/mol. The van der Waals surface area contributed by atoms with E-state index in [-0.39, 0.29) is 0 Å². The summed E-state index contributed by atoms with van der Waals surface area (Å²) in [7, 11) is 3.35. The minimum atomic E-state index is 0.572. The van der Waals surface area contributed by atoms with E-state index in [1.54, 1.807) is 20.4 Å². The summed E-state index contributed by atoms with van der Waals surface area (Å²) in [5.41, 5.74) is 6.53. The number of fused-ring (bicyclic) bond motifs is 2. The van der Waals surface area contributed by atoms with Gasteiger partial charge in [0.1, 0.15) is 17.9 Å². The molecule has 7 nitrogen and oxygen atoms in total. The number of hydrogen-bond donors (Lipinski definition) is 0. The number of rotatable bonds is 5. The van der Waals surface area contributed by atoms with E-state index >= 15 is 0 Å². The van der Waals surface area contributed by atoms with Crippen molar-refractivity contribution in [2.24, 2.45) is 0 Å². The first-order valence-corrected chi connectivity index (χ1v) is 11.3. The molecule has 0 radical (unpaired) electrons. The number of hydrogen-bond acceptors (Lipinski definition) is 7. The van der Waals surface area contributed by atoms with Crippen LogP contribution in [0.2, 0.25) is 0 Å². The van der Waals surface area contributed by atoms with E-state index in [0.29, 0.717) is 25.4 Å². The average molecular weight is 457 g/mol. The molecule has 1 aliphatic rings. The zero-order chi connectivity index (χ0) is 23.7. The largest absolute Gasteiger partial charge is 0.494 e. The van der Waals surface area contributed by atoms with Crippen LogP contribution in [0, 0.1) is 13.8 Å². The van der Waals surface area contributed by atoms with Gasteiger partial charge in [0.25, 0.3) is 0 Å². The topological polar surface area (TPSA) is 69.6 Å². The molecule has 0 aliphatic carbocycles. The number of ether oxygens (including phenoxy) is 3. The van der Waals surface area contributed by atoms with Crippen LogP contribution < -0.4 is 14.2 Å². The molecule has 0 unspecified atom stereocenters. The summed E-state index contributed by atoms with van der Waals surface area (Å²) in [6, 6.07) is 14.3. The van der Waals surface area contributed by atoms with Crippen LogP contribution in [0.5, 0.6) is 17.2 Å². The molecule has 0 amide bonds. The van der Waals surface area contributed by atoms with Crippen molar-refractivity contribution in [2.75, 3.05) is 27.4 Å². The van der Waals surface area contributed by atoms with Crippen molar-refractivity contribution in [1.82, 2.24) is 19.9 Å². The Morgan fingerprint density at radius 1 is 1.00 bits per heavy atom. The highest BCUT2D eigenvalue weighted by molar-refractivity contribution is 5.84. The Morgan fingerprint density at radius 3 is 2.68 bits per heavy atom. The molecular formula is C27H28N4O3. The van der Waals surface area contributed by atoms with Crippen LogP contribution in [-0.4, -0.2) is 47.2 Å². The molecule has 0 atom stereocenters. The number of benzene rings is 2. The number of pyridine rings is 1. The molecule has 1 aliphatic heterocycles. The van der Waals surface area contributed by atoms with Crippen LogP contribution >= 0.6 is 0 Å². The maximum atomic E-state index is 6.15. The standard InChI is InChI=1S/C27H28N4O3/c1-17-14-28-18(2)25(29-17)20-12-21-15-31(10-11-34-27(21)24(13-20)33-4)16-22-9-8-19-6-5-7-23(32-3)26(19)30-22/h5-9,12-14H,10-11,15-16H2,1-4H3. The van der Waals surface area contributed by atoms with Crippen molar-refractivity contribution in [1.29, 1.82) is 0 Å². The van der Waals surface area contributed by atoms with Gasteiger partial charge in [-0.1, -0.05) is 18.2 Å². The van der Waals surface area contributed by atoms with Gasteiger partial charge < -0.3 is 14.2 Å². The summed E-state index contributed by atoms with van der Waals surface area (Å²) >= 11 is 0. The molecule has 0 spiro atoms. The van der Waals surface area contributed by atoms with Crippen molar-refractivity contribution in [3.63, 3.8) is 0 Å². The maximum absolute atomic E-state index is 6.15. The van der Waals surface area contributed by atoms with Crippen molar-refractivity contribution in [3.8, 4) is 28.5 Å². The van der Waals surface area contributed by atoms with Crippen LogP contribution in [0.3, 0.4) is 0 Å². The molecule has 2 aromatic carbocycles. The molecule has 0 saturated carbocycles. The maximum Gasteiger partial charge on any atom is 0.165 e. The highest BCUT2D eigenvalue weighted by atomic mass is 16.5. The lowest BCUT2D eigenvalue weighted by Crippen LogP contribution is -2.25. The van der Waals surface area contributed by atoms with Crippen molar-refractivity contribution >= 4 is 10.9 Å². The first-order valence-electron chi connectivity index (χ1n) is 11.3. The molecule has 0 bridgehead atoms. The molecule has 174 valence electrons. The SMILES string of the molecule is COc1cc(-c2nc(C)cnc2C)cc2c1OCCN(Cc1ccc3cccc(OC)c3n1)C2. The van der Waals surface area contributed by atoms with Gasteiger partial charge >= 0.3 is 0 Å². The zero-order valence-corrected chi connectivity index (χ0v) is 20.0. The van der Waals surface area contributed by atoms with Gasteiger partial charge in [0.15, 0.2) is 11.5 Å². The van der Waals surface area contributed by atoms with E-state index in [1.807, 2.05) is 32.0 Å². The molecule has 0 N–H and O–H groups in total. The van der Waals surface area contributed by atoms with Crippen molar-refractivity contribution in [3.05, 3.63) is 71.3 Å². The molecule has 3 heterocycles. The van der Waals surface area contributed by atoms with Crippen LogP contribution in [0.15, 0.2) is 48.7 Å². The first kappa shape index (κ1) is 22.1. The number of aryl methyl sites for hydroxylation is 2. The predicted molar refractivity (Wildman–Crippen MR) is 131 cm³/mol. The summed E-state index contributed by atoms with van der Waals surface area (Å²) in [5.74, 6) is 2.29. The van der Waals surface area contributed by atoms with Gasteiger partial charge in [-0.25, -0.2) is 9.97 Å². The van der Waals surface area contributed by atoms with Crippen LogP contribution in [0.25, 0.3) is 22.2 Å². The number of methoxy groups -OCH3 is 2. The Kier molecular flexibility index (Phi) is 6.02. The minimum absolute atomic E-state index is 0.572. The average Bonchev–Trinajstić information content (AvgIpc) is 3.06. The summed E-state index contributed by atoms with van der Waals surface area (Å²) in [4.78, 5) is 16.5. The summed E-state index contributed by atoms with van der Waals surface area (Å²) in [5, 5.41) is 1.07. The Balaban J connectivity index is 1.48. The number of nitrogens with zero attached hydrogens (tertiary/aromatic N) is 4. The Morgan fingerprint density at radius 2 is 1.85 bits per heavy atom. The lowest BCUT2D eigenvalue weighted by molar-refractivity contribution is 0.215. The van der Waals surface area contributed by atoms with Gasteiger partial charge in [0.2, 0.25) is 0 Å². The Labute approximate surface area is 199 Å². The quantitative estimate of drug-likeness (QED) is 0.430. The van der Waals surface area contributed by atoms with Gasteiger partial charge in [0.05, 0.1) is 37.0 Å². The van der Waals surface area contributed by atoms with Gasteiger partial charge in [0, 0.05) is 42.3 Å². The predicted octanol–water partition coefficient (Wildman–Crippen LogP) is 4.72. The van der Waals surface area contributed by atoms with E-state index in [9.17, 15) is 0 Å². The van der Waals surface area contributed by atoms with E-state index in [4.69, 9.17) is 24.2 Å². The zero-order valence-electron chi connectivity index (χ0n) is 20.0. The second-order valence-corrected chi connectivity index (χ2v) is 8.51. The molecule has 4 aromatic rings. The number of para-hydroxylation sites is 1. The monoisotopic (exact) mass is 456 g/mol. The van der Waals surface area contributed by atoms with E-state index in [1.165, 1.54) is 0 Å². The summed E-state index contributed by atoms with van der Waals surface area (Å²) in [6.07, 6.45) is 1.79. The Hall–Kier alpha value is -3.71. The van der Waals surface area contributed by atoms with Crippen LogP contribution in [0.4, 0.5) is 0 Å². The lowest BCUT2D eigenvalue weighted by Gasteiger charge is -2.20. The normalized spacial score (nSPS) is 13.8. The lowest BCUT2D eigenvalue weighted by atomic mass is 10.0. The fourth-order valence-electron chi connectivity index (χ4n) is 4.41. The minimum Gasteiger partial charge on any atom is -0.494 e. The third kappa shape index (κ3) is 4.26. The third-order valence-electron chi connectivity index (χ3n) is 6.10. The van der Waals surface area contributed by atoms with Crippen molar-refractivity contribution in [2.45, 2.75) is 26.9 Å². The van der Waals surface area contributed by atoms with Gasteiger partial charge in [-0.15, -0.1) is 0 Å². The Bertz CT molecular complexity index is 1360. The number of aromatic nitrogens is 3. The molecule has 2 aromatic heterocycles. The smallest absolute Gasteiger partial charge is 0.165 e. The van der Waals surface area contributed by atoms with Crippen molar-refractivity contribution < 1.29 is 14.2 Å². The van der Waals surface area contributed by atoms with Gasteiger partial charge in [-0.2, -0.15) is 0 Å². The second-order valence-electron chi connectivity index (χ2n) is 8.51. The fraction of sp³-hybridized carbons (Fsp3) is 0.296. The molecule has 5 rings (SSSR count). The molecule has 0 saturated heterocycles. The van der Waals surface area contributed by atoms with E-state index in [2.05, 4.69) is 34.1 Å². The highest BCUT2D eigenvalue weighted by Gasteiger charge is 2.22. The molecule has 34 heavy (non-hydrogen) atoms. The third-order valence-corrected chi connectivity index (χ3v) is 6.10. The highest BCUT2D eigenvalue weighted by Crippen LogP contribution is 2.38. The summed E-state index contributed by atoms with van der Waals surface area (Å²) < 4.78 is 17.4. The van der Waals surface area contributed by atoms with E-state index < -0.39 is 0 Å². The van der Waals surface area contributed by atoms with Gasteiger partial charge in [-0.05, 0) is 38.1 Å². The van der Waals surface area contributed by atoms with Crippen LogP contribution in [-0.2, 0) is 13.1 Å². The van der Waals surface area contributed by atoms with Crippen LogP contribution in [0.1, 0.15) is 22.6 Å². The van der Waals surface area contributed by atoms with E-state index in [0.717, 1.165) is 62.8 Å². The molecule has 7 heteroatoms. The summed E-state index contributed by atoms with van der Waals surface area (Å²) in [6.45, 7) is 6.69.